The van der Waals surface area contributed by atoms with E-state index in [1.165, 1.54) is 11.5 Å². The van der Waals surface area contributed by atoms with Crippen molar-refractivity contribution >= 4 is 53.2 Å². The van der Waals surface area contributed by atoms with Crippen molar-refractivity contribution in [1.29, 1.82) is 0 Å². The van der Waals surface area contributed by atoms with Gasteiger partial charge in [0.25, 0.3) is 10.1 Å². The van der Waals surface area contributed by atoms with E-state index in [4.69, 9.17) is 0 Å². The van der Waals surface area contributed by atoms with Gasteiger partial charge in [0.1, 0.15) is 4.90 Å². The van der Waals surface area contributed by atoms with Crippen molar-refractivity contribution in [2.75, 3.05) is 0 Å². The normalized spacial score (nSPS) is 12.7. The Morgan fingerprint density at radius 3 is 2.04 bits per heavy atom. The molecule has 4 heteroatoms. The Hall–Kier alpha value is -2.69. The van der Waals surface area contributed by atoms with Crippen LogP contribution in [0.25, 0.3) is 43.1 Å². The number of rotatable bonds is 1. The van der Waals surface area contributed by atoms with E-state index < -0.39 is 10.1 Å². The van der Waals surface area contributed by atoms with Gasteiger partial charge in [0.05, 0.1) is 0 Å². The van der Waals surface area contributed by atoms with E-state index in [0.29, 0.717) is 5.39 Å². The lowest BCUT2D eigenvalue weighted by Gasteiger charge is -2.14. The summed E-state index contributed by atoms with van der Waals surface area (Å²) in [6.45, 7) is 0. The third kappa shape index (κ3) is 1.72. The van der Waals surface area contributed by atoms with E-state index in [2.05, 4.69) is 18.2 Å². The second-order valence-corrected chi connectivity index (χ2v) is 7.45. The zero-order chi connectivity index (χ0) is 16.5. The highest BCUT2D eigenvalue weighted by atomic mass is 32.2. The van der Waals surface area contributed by atoms with Crippen molar-refractivity contribution in [3.63, 3.8) is 0 Å². The first kappa shape index (κ1) is 13.7. The highest BCUT2D eigenvalue weighted by molar-refractivity contribution is 7.86. The van der Waals surface area contributed by atoms with Crippen molar-refractivity contribution in [3.8, 4) is 0 Å². The average Bonchev–Trinajstić information content (AvgIpc) is 2.58. The predicted molar refractivity (Wildman–Crippen MR) is 97.5 cm³/mol. The van der Waals surface area contributed by atoms with Crippen LogP contribution in [0, 0.1) is 0 Å². The van der Waals surface area contributed by atoms with Gasteiger partial charge in [-0.3, -0.25) is 4.55 Å². The number of hydrogen-bond donors (Lipinski definition) is 1. The largest absolute Gasteiger partial charge is 0.295 e. The Morgan fingerprint density at radius 2 is 1.29 bits per heavy atom. The lowest BCUT2D eigenvalue weighted by atomic mass is 9.91. The summed E-state index contributed by atoms with van der Waals surface area (Å²) in [6.07, 6.45) is 0. The van der Waals surface area contributed by atoms with Gasteiger partial charge < -0.3 is 0 Å². The number of benzene rings is 5. The Labute approximate surface area is 138 Å². The first-order valence-corrected chi connectivity index (χ1v) is 9.05. The third-order valence-electron chi connectivity index (χ3n) is 4.74. The molecule has 1 N–H and O–H groups in total. The van der Waals surface area contributed by atoms with Gasteiger partial charge in [-0.25, -0.2) is 0 Å². The molecule has 0 unspecified atom stereocenters. The molecule has 0 bridgehead atoms. The molecule has 5 rings (SSSR count). The van der Waals surface area contributed by atoms with Crippen molar-refractivity contribution in [3.05, 3.63) is 66.7 Å². The molecular formula is C20H12O3S. The van der Waals surface area contributed by atoms with E-state index in [1.807, 2.05) is 36.4 Å². The summed E-state index contributed by atoms with van der Waals surface area (Å²) in [4.78, 5) is -0.0505. The summed E-state index contributed by atoms with van der Waals surface area (Å²) in [5.41, 5.74) is 0. The third-order valence-corrected chi connectivity index (χ3v) is 5.65. The van der Waals surface area contributed by atoms with Crippen molar-refractivity contribution in [1.82, 2.24) is 0 Å². The topological polar surface area (TPSA) is 54.4 Å². The van der Waals surface area contributed by atoms with Crippen LogP contribution in [-0.2, 0) is 10.1 Å². The Kier molecular flexibility index (Phi) is 2.54. The fraction of sp³-hybridized carbons (Fsp3) is 0. The second kappa shape index (κ2) is 4.44. The molecule has 0 fully saturated rings. The maximum Gasteiger partial charge on any atom is 0.295 e. The minimum absolute atomic E-state index is 0.0505. The van der Waals surface area contributed by atoms with Crippen LogP contribution >= 0.6 is 0 Å². The lowest BCUT2D eigenvalue weighted by Crippen LogP contribution is -1.99. The van der Waals surface area contributed by atoms with Gasteiger partial charge in [-0.1, -0.05) is 54.6 Å². The monoisotopic (exact) mass is 332 g/mol. The first-order valence-electron chi connectivity index (χ1n) is 7.61. The predicted octanol–water partition coefficient (Wildman–Crippen LogP) is 4.98. The molecule has 0 aliphatic rings. The summed E-state index contributed by atoms with van der Waals surface area (Å²) in [5, 5.41) is 7.99. The van der Waals surface area contributed by atoms with Crippen LogP contribution in [0.5, 0.6) is 0 Å². The van der Waals surface area contributed by atoms with Crippen molar-refractivity contribution in [2.45, 2.75) is 4.90 Å². The average molecular weight is 332 g/mol. The van der Waals surface area contributed by atoms with Crippen LogP contribution in [0.1, 0.15) is 0 Å². The molecule has 5 aromatic carbocycles. The molecule has 24 heavy (non-hydrogen) atoms. The molecule has 0 spiro atoms. The summed E-state index contributed by atoms with van der Waals surface area (Å²) in [6, 6.07) is 21.2. The molecule has 0 aliphatic carbocycles. The van der Waals surface area contributed by atoms with Crippen LogP contribution in [0.4, 0.5) is 0 Å². The zero-order valence-electron chi connectivity index (χ0n) is 12.5. The quantitative estimate of drug-likeness (QED) is 0.267. The Bertz CT molecular complexity index is 1350. The molecule has 0 aromatic heterocycles. The van der Waals surface area contributed by atoms with Gasteiger partial charge in [0, 0.05) is 5.39 Å². The maximum absolute atomic E-state index is 11.7. The summed E-state index contributed by atoms with van der Waals surface area (Å²) >= 11 is 0. The van der Waals surface area contributed by atoms with E-state index in [9.17, 15) is 13.0 Å². The minimum Gasteiger partial charge on any atom is -0.282 e. The highest BCUT2D eigenvalue weighted by Gasteiger charge is 2.17. The SMILES string of the molecule is O=S(=O)(O)c1cccc2c1cc1ccc3cccc4ccc2c1c34. The van der Waals surface area contributed by atoms with E-state index >= 15 is 0 Å². The molecule has 0 saturated carbocycles. The molecular weight excluding hydrogens is 320 g/mol. The molecule has 0 saturated heterocycles. The molecule has 5 aromatic rings. The Balaban J connectivity index is 2.14. The number of hydrogen-bond acceptors (Lipinski definition) is 2. The second-order valence-electron chi connectivity index (χ2n) is 6.06. The van der Waals surface area contributed by atoms with Gasteiger partial charge in [0.15, 0.2) is 0 Å². The van der Waals surface area contributed by atoms with Crippen LogP contribution in [0.3, 0.4) is 0 Å². The lowest BCUT2D eigenvalue weighted by molar-refractivity contribution is 0.484. The standard InChI is InChI=1S/C20H12O3S/c21-24(22,23)18-6-2-5-15-16-10-9-13-4-1-3-12-7-8-14(11-17(15)18)20(16)19(12)13/h1-11H,(H,21,22,23). The smallest absolute Gasteiger partial charge is 0.282 e. The summed E-state index contributed by atoms with van der Waals surface area (Å²) in [7, 11) is -4.27. The van der Waals surface area contributed by atoms with E-state index in [-0.39, 0.29) is 4.90 Å². The van der Waals surface area contributed by atoms with Gasteiger partial charge in [0.2, 0.25) is 0 Å². The van der Waals surface area contributed by atoms with Gasteiger partial charge in [-0.05, 0) is 49.8 Å². The highest BCUT2D eigenvalue weighted by Crippen LogP contribution is 2.39. The molecule has 116 valence electrons. The van der Waals surface area contributed by atoms with Gasteiger partial charge in [-0.2, -0.15) is 8.42 Å². The molecule has 3 nitrogen and oxygen atoms in total. The molecule has 0 atom stereocenters. The first-order chi connectivity index (χ1) is 11.5. The minimum atomic E-state index is -4.27. The molecule has 0 radical (unpaired) electrons. The van der Waals surface area contributed by atoms with Crippen LogP contribution in [0.2, 0.25) is 0 Å². The van der Waals surface area contributed by atoms with Crippen molar-refractivity contribution < 1.29 is 13.0 Å². The molecule has 0 amide bonds. The number of fused-ring (bicyclic) bond motifs is 2. The van der Waals surface area contributed by atoms with Crippen molar-refractivity contribution in [2.24, 2.45) is 0 Å². The van der Waals surface area contributed by atoms with E-state index in [0.717, 1.165) is 32.3 Å². The molecule has 0 heterocycles. The molecule has 0 aliphatic heterocycles. The fourth-order valence-corrected chi connectivity index (χ4v) is 4.46. The van der Waals surface area contributed by atoms with Crippen LogP contribution in [-0.4, -0.2) is 13.0 Å². The fourth-order valence-electron chi connectivity index (χ4n) is 3.76. The van der Waals surface area contributed by atoms with Crippen LogP contribution in [0.15, 0.2) is 71.6 Å². The summed E-state index contributed by atoms with van der Waals surface area (Å²) in [5.74, 6) is 0. The van der Waals surface area contributed by atoms with E-state index in [1.54, 1.807) is 6.07 Å². The van der Waals surface area contributed by atoms with Crippen LogP contribution < -0.4 is 0 Å². The van der Waals surface area contributed by atoms with Gasteiger partial charge >= 0.3 is 0 Å². The Morgan fingerprint density at radius 1 is 0.625 bits per heavy atom. The summed E-state index contributed by atoms with van der Waals surface area (Å²) < 4.78 is 33.0. The zero-order valence-corrected chi connectivity index (χ0v) is 13.3. The van der Waals surface area contributed by atoms with Gasteiger partial charge in [-0.15, -0.1) is 0 Å². The maximum atomic E-state index is 11.7.